The van der Waals surface area contributed by atoms with Crippen molar-refractivity contribution in [3.63, 3.8) is 0 Å². The number of benzene rings is 2. The maximum Gasteiger partial charge on any atom is 0.255 e. The third-order valence-corrected chi connectivity index (χ3v) is 3.25. The Balaban J connectivity index is 1.95. The number of para-hydroxylation sites is 1. The molecule has 0 saturated carbocycles. The highest BCUT2D eigenvalue weighted by atomic mass is 35.5. The number of halogens is 1. The van der Waals surface area contributed by atoms with Crippen LogP contribution >= 0.6 is 11.6 Å². The Kier molecular flexibility index (Phi) is 3.35. The SMILES string of the molecule is O=C(Nc1cc2ccccc2nc1Cl)c1ccccc1. The lowest BCUT2D eigenvalue weighted by molar-refractivity contribution is 0.102. The fraction of sp³-hybridized carbons (Fsp3) is 0. The van der Waals surface area contributed by atoms with Crippen molar-refractivity contribution in [2.45, 2.75) is 0 Å². The second kappa shape index (κ2) is 5.31. The third kappa shape index (κ3) is 2.49. The number of carbonyl (C=O) groups excluding carboxylic acids is 1. The molecule has 3 rings (SSSR count). The summed E-state index contributed by atoms with van der Waals surface area (Å²) in [5.74, 6) is -0.204. The normalized spacial score (nSPS) is 10.4. The van der Waals surface area contributed by atoms with Crippen LogP contribution in [0.2, 0.25) is 5.15 Å². The van der Waals surface area contributed by atoms with Crippen LogP contribution in [0.5, 0.6) is 0 Å². The van der Waals surface area contributed by atoms with Crippen LogP contribution < -0.4 is 5.32 Å². The number of rotatable bonds is 2. The number of hydrogen-bond acceptors (Lipinski definition) is 2. The van der Waals surface area contributed by atoms with Gasteiger partial charge in [-0.25, -0.2) is 4.98 Å². The van der Waals surface area contributed by atoms with Gasteiger partial charge in [0.15, 0.2) is 5.15 Å². The van der Waals surface area contributed by atoms with Gasteiger partial charge in [0.05, 0.1) is 11.2 Å². The summed E-state index contributed by atoms with van der Waals surface area (Å²) in [5.41, 5.74) is 1.89. The quantitative estimate of drug-likeness (QED) is 0.718. The first-order valence-corrected chi connectivity index (χ1v) is 6.53. The molecule has 0 aliphatic carbocycles. The lowest BCUT2D eigenvalue weighted by Gasteiger charge is -2.08. The van der Waals surface area contributed by atoms with E-state index in [4.69, 9.17) is 11.6 Å². The van der Waals surface area contributed by atoms with Gasteiger partial charge in [0.25, 0.3) is 5.91 Å². The summed E-state index contributed by atoms with van der Waals surface area (Å²) in [6, 6.07) is 18.4. The number of hydrogen-bond donors (Lipinski definition) is 1. The Labute approximate surface area is 121 Å². The van der Waals surface area contributed by atoms with Gasteiger partial charge in [0, 0.05) is 10.9 Å². The lowest BCUT2D eigenvalue weighted by atomic mass is 10.2. The highest BCUT2D eigenvalue weighted by Crippen LogP contribution is 2.25. The van der Waals surface area contributed by atoms with Crippen LogP contribution in [-0.4, -0.2) is 10.9 Å². The molecule has 0 bridgehead atoms. The van der Waals surface area contributed by atoms with E-state index in [1.165, 1.54) is 0 Å². The molecule has 0 aliphatic heterocycles. The van der Waals surface area contributed by atoms with Crippen LogP contribution in [0.15, 0.2) is 60.7 Å². The molecule has 98 valence electrons. The summed E-state index contributed by atoms with van der Waals surface area (Å²) < 4.78 is 0. The summed E-state index contributed by atoms with van der Waals surface area (Å²) in [4.78, 5) is 16.4. The van der Waals surface area contributed by atoms with Crippen LogP contribution in [0.1, 0.15) is 10.4 Å². The zero-order chi connectivity index (χ0) is 13.9. The fourth-order valence-electron chi connectivity index (χ4n) is 1.96. The molecule has 4 heteroatoms. The monoisotopic (exact) mass is 282 g/mol. The van der Waals surface area contributed by atoms with Crippen molar-refractivity contribution in [3.8, 4) is 0 Å². The molecule has 0 unspecified atom stereocenters. The third-order valence-electron chi connectivity index (χ3n) is 2.96. The van der Waals surface area contributed by atoms with Crippen LogP contribution in [-0.2, 0) is 0 Å². The molecule has 0 spiro atoms. The Morgan fingerprint density at radius 3 is 2.50 bits per heavy atom. The largest absolute Gasteiger partial charge is 0.319 e. The van der Waals surface area contributed by atoms with E-state index >= 15 is 0 Å². The van der Waals surface area contributed by atoms with E-state index in [1.807, 2.05) is 48.5 Å². The minimum absolute atomic E-state index is 0.204. The fourth-order valence-corrected chi connectivity index (χ4v) is 2.16. The van der Waals surface area contributed by atoms with E-state index in [-0.39, 0.29) is 11.1 Å². The van der Waals surface area contributed by atoms with E-state index in [0.717, 1.165) is 10.9 Å². The van der Waals surface area contributed by atoms with Crippen molar-refractivity contribution in [1.29, 1.82) is 0 Å². The predicted octanol–water partition coefficient (Wildman–Crippen LogP) is 4.14. The summed E-state index contributed by atoms with van der Waals surface area (Å²) in [6.07, 6.45) is 0. The van der Waals surface area contributed by atoms with Gasteiger partial charge in [-0.1, -0.05) is 48.0 Å². The molecule has 3 nitrogen and oxygen atoms in total. The van der Waals surface area contributed by atoms with Crippen molar-refractivity contribution in [1.82, 2.24) is 4.98 Å². The molecule has 0 aliphatic rings. The second-order valence-corrected chi connectivity index (χ2v) is 4.70. The van der Waals surface area contributed by atoms with Crippen LogP contribution in [0.4, 0.5) is 5.69 Å². The van der Waals surface area contributed by atoms with Crippen molar-refractivity contribution in [3.05, 3.63) is 71.4 Å². The summed E-state index contributed by atoms with van der Waals surface area (Å²) in [7, 11) is 0. The summed E-state index contributed by atoms with van der Waals surface area (Å²) in [5, 5.41) is 4.00. The molecule has 1 amide bonds. The number of anilines is 1. The number of pyridine rings is 1. The number of nitrogens with one attached hydrogen (secondary N) is 1. The maximum absolute atomic E-state index is 12.1. The molecule has 2 aromatic carbocycles. The number of amides is 1. The number of fused-ring (bicyclic) bond motifs is 1. The Bertz CT molecular complexity index is 772. The first-order chi connectivity index (χ1) is 9.74. The van der Waals surface area contributed by atoms with Crippen molar-refractivity contribution < 1.29 is 4.79 Å². The molecular weight excluding hydrogens is 272 g/mol. The average molecular weight is 283 g/mol. The van der Waals surface area contributed by atoms with E-state index in [2.05, 4.69) is 10.3 Å². The zero-order valence-corrected chi connectivity index (χ0v) is 11.3. The van der Waals surface area contributed by atoms with Gasteiger partial charge in [-0.05, 0) is 24.3 Å². The summed E-state index contributed by atoms with van der Waals surface area (Å²) in [6.45, 7) is 0. The molecule has 20 heavy (non-hydrogen) atoms. The van der Waals surface area contributed by atoms with Crippen LogP contribution in [0.3, 0.4) is 0 Å². The lowest BCUT2D eigenvalue weighted by Crippen LogP contribution is -2.12. The Morgan fingerprint density at radius 2 is 1.70 bits per heavy atom. The smallest absolute Gasteiger partial charge is 0.255 e. The maximum atomic E-state index is 12.1. The van der Waals surface area contributed by atoms with Gasteiger partial charge < -0.3 is 5.32 Å². The van der Waals surface area contributed by atoms with Gasteiger partial charge in [-0.3, -0.25) is 4.79 Å². The van der Waals surface area contributed by atoms with Gasteiger partial charge in [-0.2, -0.15) is 0 Å². The highest BCUT2D eigenvalue weighted by Gasteiger charge is 2.10. The molecule has 0 fully saturated rings. The van der Waals surface area contributed by atoms with Crippen LogP contribution in [0.25, 0.3) is 10.9 Å². The van der Waals surface area contributed by atoms with Gasteiger partial charge in [-0.15, -0.1) is 0 Å². The van der Waals surface area contributed by atoms with Crippen molar-refractivity contribution >= 4 is 34.1 Å². The molecule has 1 heterocycles. The zero-order valence-electron chi connectivity index (χ0n) is 10.5. The molecule has 1 aromatic heterocycles. The van der Waals surface area contributed by atoms with Gasteiger partial charge in [0.2, 0.25) is 0 Å². The molecular formula is C16H11ClN2O. The van der Waals surface area contributed by atoms with E-state index < -0.39 is 0 Å². The minimum Gasteiger partial charge on any atom is -0.319 e. The molecule has 3 aromatic rings. The number of aromatic nitrogens is 1. The first-order valence-electron chi connectivity index (χ1n) is 6.16. The standard InChI is InChI=1S/C16H11ClN2O/c17-15-14(10-12-8-4-5-9-13(12)18-15)19-16(20)11-6-2-1-3-7-11/h1-10H,(H,19,20). The van der Waals surface area contributed by atoms with E-state index in [0.29, 0.717) is 11.3 Å². The van der Waals surface area contributed by atoms with Crippen molar-refractivity contribution in [2.75, 3.05) is 5.32 Å². The molecule has 0 atom stereocenters. The Morgan fingerprint density at radius 1 is 1.00 bits per heavy atom. The van der Waals surface area contributed by atoms with E-state index in [1.54, 1.807) is 12.1 Å². The highest BCUT2D eigenvalue weighted by molar-refractivity contribution is 6.33. The molecule has 0 saturated heterocycles. The Hall–Kier alpha value is -2.39. The predicted molar refractivity (Wildman–Crippen MR) is 81.1 cm³/mol. The van der Waals surface area contributed by atoms with Crippen molar-refractivity contribution in [2.24, 2.45) is 0 Å². The van der Waals surface area contributed by atoms with Crippen LogP contribution in [0, 0.1) is 0 Å². The minimum atomic E-state index is -0.204. The second-order valence-electron chi connectivity index (χ2n) is 4.34. The molecule has 0 radical (unpaired) electrons. The molecule has 1 N–H and O–H groups in total. The summed E-state index contributed by atoms with van der Waals surface area (Å²) >= 11 is 6.11. The average Bonchev–Trinajstić information content (AvgIpc) is 2.49. The van der Waals surface area contributed by atoms with Gasteiger partial charge in [0.1, 0.15) is 0 Å². The van der Waals surface area contributed by atoms with Gasteiger partial charge >= 0.3 is 0 Å². The number of carbonyl (C=O) groups is 1. The topological polar surface area (TPSA) is 42.0 Å². The number of nitrogens with zero attached hydrogens (tertiary/aromatic N) is 1. The first kappa shape index (κ1) is 12.6. The van der Waals surface area contributed by atoms with E-state index in [9.17, 15) is 4.79 Å².